The van der Waals surface area contributed by atoms with E-state index in [0.29, 0.717) is 32.0 Å². The number of carbonyl (C=O) groups is 1. The first-order chi connectivity index (χ1) is 6.59. The molecule has 0 aliphatic carbocycles. The molecule has 0 saturated carbocycles. The van der Waals surface area contributed by atoms with Crippen LogP contribution in [0.1, 0.15) is 20.3 Å². The lowest BCUT2D eigenvalue weighted by atomic mass is 10.2. The van der Waals surface area contributed by atoms with Gasteiger partial charge in [0.1, 0.15) is 6.61 Å². The molecule has 0 radical (unpaired) electrons. The third kappa shape index (κ3) is 3.64. The van der Waals surface area contributed by atoms with Crippen molar-refractivity contribution in [3.05, 3.63) is 0 Å². The van der Waals surface area contributed by atoms with Crippen LogP contribution in [-0.2, 0) is 9.53 Å². The van der Waals surface area contributed by atoms with Crippen molar-refractivity contribution in [2.45, 2.75) is 26.4 Å². The highest BCUT2D eigenvalue weighted by molar-refractivity contribution is 5.77. The zero-order valence-corrected chi connectivity index (χ0v) is 8.90. The quantitative estimate of drug-likeness (QED) is 0.709. The van der Waals surface area contributed by atoms with Gasteiger partial charge in [-0.3, -0.25) is 4.79 Å². The smallest absolute Gasteiger partial charge is 0.248 e. The van der Waals surface area contributed by atoms with Crippen molar-refractivity contribution < 1.29 is 14.6 Å². The fourth-order valence-electron chi connectivity index (χ4n) is 1.44. The minimum Gasteiger partial charge on any atom is -0.391 e. The van der Waals surface area contributed by atoms with E-state index in [9.17, 15) is 9.90 Å². The lowest BCUT2D eigenvalue weighted by Gasteiger charge is -2.15. The average Bonchev–Trinajstić information content (AvgIpc) is 2.51. The van der Waals surface area contributed by atoms with Gasteiger partial charge in [-0.2, -0.15) is 0 Å². The first kappa shape index (κ1) is 11.5. The SMILES string of the molecule is CC(C)COCC(=O)N1CCC(O)C1. The van der Waals surface area contributed by atoms with Crippen molar-refractivity contribution in [3.63, 3.8) is 0 Å². The Labute approximate surface area is 84.8 Å². The first-order valence-corrected chi connectivity index (χ1v) is 5.13. The Morgan fingerprint density at radius 3 is 2.86 bits per heavy atom. The highest BCUT2D eigenvalue weighted by Gasteiger charge is 2.24. The zero-order chi connectivity index (χ0) is 10.6. The lowest BCUT2D eigenvalue weighted by Crippen LogP contribution is -2.33. The fourth-order valence-corrected chi connectivity index (χ4v) is 1.44. The monoisotopic (exact) mass is 201 g/mol. The number of nitrogens with zero attached hydrogens (tertiary/aromatic N) is 1. The summed E-state index contributed by atoms with van der Waals surface area (Å²) < 4.78 is 5.23. The Hall–Kier alpha value is -0.610. The van der Waals surface area contributed by atoms with E-state index in [1.165, 1.54) is 0 Å². The van der Waals surface area contributed by atoms with Gasteiger partial charge in [0.05, 0.1) is 6.10 Å². The molecule has 1 saturated heterocycles. The molecular formula is C10H19NO3. The first-order valence-electron chi connectivity index (χ1n) is 5.13. The number of ether oxygens (including phenoxy) is 1. The maximum Gasteiger partial charge on any atom is 0.248 e. The Morgan fingerprint density at radius 2 is 2.36 bits per heavy atom. The van der Waals surface area contributed by atoms with E-state index in [1.807, 2.05) is 13.8 Å². The van der Waals surface area contributed by atoms with Crippen molar-refractivity contribution in [1.29, 1.82) is 0 Å². The molecule has 1 rings (SSSR count). The summed E-state index contributed by atoms with van der Waals surface area (Å²) in [6.07, 6.45) is 0.347. The number of aliphatic hydroxyl groups is 1. The molecule has 1 unspecified atom stereocenters. The van der Waals surface area contributed by atoms with Crippen molar-refractivity contribution in [1.82, 2.24) is 4.90 Å². The predicted molar refractivity (Wildman–Crippen MR) is 52.9 cm³/mol. The number of rotatable bonds is 4. The van der Waals surface area contributed by atoms with Gasteiger partial charge in [-0.25, -0.2) is 0 Å². The van der Waals surface area contributed by atoms with Crippen molar-refractivity contribution in [3.8, 4) is 0 Å². The number of hydrogen-bond donors (Lipinski definition) is 1. The van der Waals surface area contributed by atoms with Crippen molar-refractivity contribution in [2.75, 3.05) is 26.3 Å². The Balaban J connectivity index is 2.15. The molecule has 1 N–H and O–H groups in total. The second kappa shape index (κ2) is 5.32. The molecule has 82 valence electrons. The molecule has 1 atom stereocenters. The summed E-state index contributed by atoms with van der Waals surface area (Å²) in [5.74, 6) is 0.439. The molecule has 1 aliphatic heterocycles. The van der Waals surface area contributed by atoms with Crippen LogP contribution >= 0.6 is 0 Å². The van der Waals surface area contributed by atoms with Gasteiger partial charge in [-0.15, -0.1) is 0 Å². The molecule has 0 spiro atoms. The van der Waals surface area contributed by atoms with Gasteiger partial charge < -0.3 is 14.7 Å². The predicted octanol–water partition coefficient (Wildman–Crippen LogP) is 0.252. The van der Waals surface area contributed by atoms with Gasteiger partial charge in [0, 0.05) is 19.7 Å². The number of amides is 1. The molecule has 0 aromatic carbocycles. The minimum absolute atomic E-state index is 0.0119. The molecule has 4 heteroatoms. The van der Waals surface area contributed by atoms with Gasteiger partial charge >= 0.3 is 0 Å². The molecule has 1 amide bonds. The van der Waals surface area contributed by atoms with Crippen LogP contribution in [0.3, 0.4) is 0 Å². The van der Waals surface area contributed by atoms with Crippen molar-refractivity contribution >= 4 is 5.91 Å². The molecule has 14 heavy (non-hydrogen) atoms. The third-order valence-corrected chi connectivity index (χ3v) is 2.19. The average molecular weight is 201 g/mol. The van der Waals surface area contributed by atoms with Gasteiger partial charge in [0.25, 0.3) is 0 Å². The summed E-state index contributed by atoms with van der Waals surface area (Å²) >= 11 is 0. The third-order valence-electron chi connectivity index (χ3n) is 2.19. The highest BCUT2D eigenvalue weighted by atomic mass is 16.5. The molecule has 1 fully saturated rings. The van der Waals surface area contributed by atoms with E-state index in [4.69, 9.17) is 4.74 Å². The van der Waals surface area contributed by atoms with Crippen LogP contribution in [0, 0.1) is 5.92 Å². The molecule has 0 aromatic rings. The largest absolute Gasteiger partial charge is 0.391 e. The Kier molecular flexibility index (Phi) is 4.35. The standard InChI is InChI=1S/C10H19NO3/c1-8(2)6-14-7-10(13)11-4-3-9(12)5-11/h8-9,12H,3-7H2,1-2H3. The number of β-amino-alcohol motifs (C(OH)–C–C–N with tert-alkyl or cyclic N) is 1. The van der Waals surface area contributed by atoms with E-state index < -0.39 is 0 Å². The molecule has 4 nitrogen and oxygen atoms in total. The van der Waals surface area contributed by atoms with Crippen LogP contribution in [-0.4, -0.2) is 48.3 Å². The van der Waals surface area contributed by atoms with Crippen LogP contribution in [0.15, 0.2) is 0 Å². The summed E-state index contributed by atoms with van der Waals surface area (Å²) in [6, 6.07) is 0. The highest BCUT2D eigenvalue weighted by Crippen LogP contribution is 2.08. The van der Waals surface area contributed by atoms with E-state index >= 15 is 0 Å². The topological polar surface area (TPSA) is 49.8 Å². The summed E-state index contributed by atoms with van der Waals surface area (Å²) in [5.41, 5.74) is 0. The lowest BCUT2D eigenvalue weighted by molar-refractivity contribution is -0.135. The van der Waals surface area contributed by atoms with Crippen LogP contribution in [0.2, 0.25) is 0 Å². The van der Waals surface area contributed by atoms with Crippen LogP contribution in [0.4, 0.5) is 0 Å². The molecule has 0 aromatic heterocycles. The minimum atomic E-state index is -0.343. The van der Waals surface area contributed by atoms with Crippen LogP contribution in [0.5, 0.6) is 0 Å². The molecule has 1 aliphatic rings. The Morgan fingerprint density at radius 1 is 1.64 bits per heavy atom. The second-order valence-corrected chi connectivity index (χ2v) is 4.19. The molecule has 1 heterocycles. The van der Waals surface area contributed by atoms with Crippen LogP contribution in [0.25, 0.3) is 0 Å². The molecular weight excluding hydrogens is 182 g/mol. The Bertz CT molecular complexity index is 194. The number of likely N-dealkylation sites (tertiary alicyclic amines) is 1. The maximum absolute atomic E-state index is 11.5. The van der Waals surface area contributed by atoms with Crippen LogP contribution < -0.4 is 0 Å². The van der Waals surface area contributed by atoms with E-state index in [0.717, 1.165) is 0 Å². The fraction of sp³-hybridized carbons (Fsp3) is 0.900. The number of carbonyl (C=O) groups excluding carboxylic acids is 1. The zero-order valence-electron chi connectivity index (χ0n) is 8.90. The van der Waals surface area contributed by atoms with E-state index in [-0.39, 0.29) is 18.6 Å². The maximum atomic E-state index is 11.5. The number of hydrogen-bond acceptors (Lipinski definition) is 3. The summed E-state index contributed by atoms with van der Waals surface area (Å²) in [7, 11) is 0. The second-order valence-electron chi connectivity index (χ2n) is 4.19. The summed E-state index contributed by atoms with van der Waals surface area (Å²) in [5, 5.41) is 9.23. The van der Waals surface area contributed by atoms with Crippen molar-refractivity contribution in [2.24, 2.45) is 5.92 Å². The van der Waals surface area contributed by atoms with E-state index in [2.05, 4.69) is 0 Å². The summed E-state index contributed by atoms with van der Waals surface area (Å²) in [4.78, 5) is 13.1. The normalized spacial score (nSPS) is 22.0. The summed E-state index contributed by atoms with van der Waals surface area (Å²) in [6.45, 7) is 5.97. The van der Waals surface area contributed by atoms with Gasteiger partial charge in [-0.1, -0.05) is 13.8 Å². The van der Waals surface area contributed by atoms with E-state index in [1.54, 1.807) is 4.90 Å². The van der Waals surface area contributed by atoms with Gasteiger partial charge in [-0.05, 0) is 12.3 Å². The van der Waals surface area contributed by atoms with Gasteiger partial charge in [0.2, 0.25) is 5.91 Å². The number of aliphatic hydroxyl groups excluding tert-OH is 1. The molecule has 0 bridgehead atoms. The van der Waals surface area contributed by atoms with Gasteiger partial charge in [0.15, 0.2) is 0 Å².